The molecule has 0 atom stereocenters. The van der Waals surface area contributed by atoms with Crippen LogP contribution in [-0.2, 0) is 6.61 Å². The Labute approximate surface area is 184 Å². The van der Waals surface area contributed by atoms with E-state index in [1.165, 1.54) is 18.5 Å². The van der Waals surface area contributed by atoms with Crippen molar-refractivity contribution in [3.05, 3.63) is 75.0 Å². The van der Waals surface area contributed by atoms with Crippen molar-refractivity contribution >= 4 is 73.0 Å². The van der Waals surface area contributed by atoms with Crippen molar-refractivity contribution < 1.29 is 9.13 Å². The van der Waals surface area contributed by atoms with Crippen LogP contribution in [0.25, 0.3) is 10.2 Å². The smallest absolute Gasteiger partial charge is 0.151 e. The van der Waals surface area contributed by atoms with Gasteiger partial charge in [0.15, 0.2) is 5.82 Å². The number of benzene rings is 2. The lowest BCUT2D eigenvalue weighted by Gasteiger charge is -2.11. The van der Waals surface area contributed by atoms with Crippen molar-refractivity contribution in [1.29, 1.82) is 0 Å². The minimum absolute atomic E-state index is 0. The fourth-order valence-corrected chi connectivity index (χ4v) is 4.25. The lowest BCUT2D eigenvalue weighted by Crippen LogP contribution is -1.98. The Bertz CT molecular complexity index is 1130. The molecule has 28 heavy (non-hydrogen) atoms. The fourth-order valence-electron chi connectivity index (χ4n) is 2.53. The lowest BCUT2D eigenvalue weighted by molar-refractivity contribution is 0.306. The van der Waals surface area contributed by atoms with Crippen LogP contribution in [0.3, 0.4) is 0 Å². The summed E-state index contributed by atoms with van der Waals surface area (Å²) in [4.78, 5) is 8.56. The molecule has 0 spiro atoms. The van der Waals surface area contributed by atoms with Crippen molar-refractivity contribution in [3.8, 4) is 5.75 Å². The van der Waals surface area contributed by atoms with E-state index in [-0.39, 0.29) is 24.8 Å². The molecule has 2 heterocycles. The second kappa shape index (κ2) is 9.05. The van der Waals surface area contributed by atoms with E-state index >= 15 is 0 Å². The highest BCUT2D eigenvalue weighted by Crippen LogP contribution is 2.35. The molecule has 0 unspecified atom stereocenters. The Morgan fingerprint density at radius 3 is 2.79 bits per heavy atom. The molecular weight excluding hydrogens is 488 g/mol. The molecule has 0 aliphatic carbocycles. The third-order valence-electron chi connectivity index (χ3n) is 3.76. The predicted molar refractivity (Wildman–Crippen MR) is 118 cm³/mol. The van der Waals surface area contributed by atoms with Gasteiger partial charge in [-0.15, -0.1) is 23.7 Å². The summed E-state index contributed by atoms with van der Waals surface area (Å²) in [5.74, 6) is 0.941. The maximum absolute atomic E-state index is 13.2. The highest BCUT2D eigenvalue weighted by Gasteiger charge is 2.10. The number of halogens is 4. The average molecular weight is 501 g/mol. The molecule has 0 radical (unpaired) electrons. The Morgan fingerprint density at radius 1 is 1.14 bits per heavy atom. The molecular formula is C19H13BrCl2FN3OS. The number of ether oxygens (including phenoxy) is 1. The monoisotopic (exact) mass is 499 g/mol. The van der Waals surface area contributed by atoms with Crippen LogP contribution in [0.2, 0.25) is 5.02 Å². The van der Waals surface area contributed by atoms with Crippen molar-refractivity contribution in [1.82, 2.24) is 9.97 Å². The first-order chi connectivity index (χ1) is 13.1. The summed E-state index contributed by atoms with van der Waals surface area (Å²) >= 11 is 11.4. The number of nitrogens with one attached hydrogen (secondary N) is 1. The molecule has 0 saturated heterocycles. The zero-order valence-corrected chi connectivity index (χ0v) is 18.1. The quantitative estimate of drug-likeness (QED) is 0.320. The molecule has 4 aromatic rings. The van der Waals surface area contributed by atoms with Gasteiger partial charge in [-0.1, -0.05) is 23.7 Å². The largest absolute Gasteiger partial charge is 0.487 e. The van der Waals surface area contributed by atoms with Crippen LogP contribution >= 0.6 is 51.3 Å². The molecule has 9 heteroatoms. The number of fused-ring (bicyclic) bond motifs is 1. The normalized spacial score (nSPS) is 10.5. The van der Waals surface area contributed by atoms with Gasteiger partial charge in [-0.3, -0.25) is 0 Å². The van der Waals surface area contributed by atoms with Crippen LogP contribution in [0, 0.1) is 5.82 Å². The van der Waals surface area contributed by atoms with E-state index in [1.54, 1.807) is 35.6 Å². The van der Waals surface area contributed by atoms with Crippen molar-refractivity contribution in [2.24, 2.45) is 0 Å². The Kier molecular flexibility index (Phi) is 6.72. The van der Waals surface area contributed by atoms with Crippen molar-refractivity contribution in [2.45, 2.75) is 6.61 Å². The molecule has 2 aromatic carbocycles. The fraction of sp³-hybridized carbons (Fsp3) is 0.0526. The first-order valence-corrected chi connectivity index (χ1v) is 9.91. The topological polar surface area (TPSA) is 47.0 Å². The molecule has 0 bridgehead atoms. The van der Waals surface area contributed by atoms with E-state index < -0.39 is 0 Å². The molecule has 0 saturated carbocycles. The number of nitrogens with zero attached hydrogens (tertiary/aromatic N) is 2. The standard InChI is InChI=1S/C19H12BrClFN3OS.ClH/c20-17-8-15-18(27-17)19(24-10-23-15)25-13-4-5-16(14(21)7-13)26-9-11-2-1-3-12(22)6-11;/h1-8,10H,9H2,(H,23,24,25);1H. The molecule has 4 nitrogen and oxygen atoms in total. The number of hydrogen-bond donors (Lipinski definition) is 1. The summed E-state index contributed by atoms with van der Waals surface area (Å²) < 4.78 is 20.9. The van der Waals surface area contributed by atoms with Crippen LogP contribution < -0.4 is 10.1 Å². The predicted octanol–water partition coefficient (Wildman–Crippen LogP) is 6.99. The summed E-state index contributed by atoms with van der Waals surface area (Å²) in [6.45, 7) is 0.236. The molecule has 0 amide bonds. The molecule has 4 rings (SSSR count). The highest BCUT2D eigenvalue weighted by molar-refractivity contribution is 9.11. The van der Waals surface area contributed by atoms with Gasteiger partial charge in [-0.25, -0.2) is 14.4 Å². The summed E-state index contributed by atoms with van der Waals surface area (Å²) in [6.07, 6.45) is 1.52. The van der Waals surface area contributed by atoms with E-state index in [0.29, 0.717) is 16.6 Å². The summed E-state index contributed by atoms with van der Waals surface area (Å²) in [7, 11) is 0. The molecule has 0 fully saturated rings. The zero-order chi connectivity index (χ0) is 18.8. The zero-order valence-electron chi connectivity index (χ0n) is 14.2. The Morgan fingerprint density at radius 2 is 2.00 bits per heavy atom. The van der Waals surface area contributed by atoms with Gasteiger partial charge in [0.25, 0.3) is 0 Å². The average Bonchev–Trinajstić information content (AvgIpc) is 3.02. The van der Waals surface area contributed by atoms with Crippen molar-refractivity contribution in [3.63, 3.8) is 0 Å². The van der Waals surface area contributed by atoms with E-state index in [2.05, 4.69) is 31.2 Å². The van der Waals surface area contributed by atoms with E-state index in [4.69, 9.17) is 16.3 Å². The molecule has 2 aromatic heterocycles. The maximum atomic E-state index is 13.2. The summed E-state index contributed by atoms with van der Waals surface area (Å²) in [5, 5.41) is 3.71. The van der Waals surface area contributed by atoms with E-state index in [1.807, 2.05) is 12.1 Å². The SMILES string of the molecule is Cl.Fc1cccc(COc2ccc(Nc3ncnc4cc(Br)sc34)cc2Cl)c1. The third-order valence-corrected chi connectivity index (χ3v) is 5.69. The van der Waals surface area contributed by atoms with Crippen LogP contribution in [0.1, 0.15) is 5.56 Å². The summed E-state index contributed by atoms with van der Waals surface area (Å²) in [6, 6.07) is 13.6. The maximum Gasteiger partial charge on any atom is 0.151 e. The van der Waals surface area contributed by atoms with Gasteiger partial charge in [0.2, 0.25) is 0 Å². The Hall–Kier alpha value is -1.93. The van der Waals surface area contributed by atoms with Crippen LogP contribution in [0.5, 0.6) is 5.75 Å². The number of aromatic nitrogens is 2. The van der Waals surface area contributed by atoms with Gasteiger partial charge in [0, 0.05) is 5.69 Å². The molecule has 0 aliphatic heterocycles. The minimum Gasteiger partial charge on any atom is -0.487 e. The van der Waals surface area contributed by atoms with Crippen molar-refractivity contribution in [2.75, 3.05) is 5.32 Å². The minimum atomic E-state index is -0.293. The highest BCUT2D eigenvalue weighted by atomic mass is 79.9. The molecule has 0 aliphatic rings. The van der Waals surface area contributed by atoms with Gasteiger partial charge >= 0.3 is 0 Å². The van der Waals surface area contributed by atoms with Gasteiger partial charge in [-0.05, 0) is 57.9 Å². The molecule has 1 N–H and O–H groups in total. The first kappa shape index (κ1) is 20.8. The second-order valence-electron chi connectivity index (χ2n) is 5.68. The molecule has 144 valence electrons. The van der Waals surface area contributed by atoms with Gasteiger partial charge in [-0.2, -0.15) is 0 Å². The summed E-state index contributed by atoms with van der Waals surface area (Å²) in [5.41, 5.74) is 2.38. The van der Waals surface area contributed by atoms with Crippen LogP contribution in [-0.4, -0.2) is 9.97 Å². The Balaban J connectivity index is 0.00000225. The van der Waals surface area contributed by atoms with E-state index in [0.717, 1.165) is 25.3 Å². The van der Waals surface area contributed by atoms with Gasteiger partial charge < -0.3 is 10.1 Å². The second-order valence-corrected chi connectivity index (χ2v) is 8.51. The number of rotatable bonds is 5. The van der Waals surface area contributed by atoms with Gasteiger partial charge in [0.1, 0.15) is 24.5 Å². The van der Waals surface area contributed by atoms with Gasteiger partial charge in [0.05, 0.1) is 19.0 Å². The lowest BCUT2D eigenvalue weighted by atomic mass is 10.2. The number of anilines is 2. The number of hydrogen-bond acceptors (Lipinski definition) is 5. The number of thiophene rings is 1. The van der Waals surface area contributed by atoms with Crippen LogP contribution in [0.4, 0.5) is 15.9 Å². The van der Waals surface area contributed by atoms with E-state index in [9.17, 15) is 4.39 Å². The first-order valence-electron chi connectivity index (χ1n) is 7.92. The van der Waals surface area contributed by atoms with Crippen LogP contribution in [0.15, 0.2) is 58.6 Å². The third kappa shape index (κ3) is 4.72.